The maximum atomic E-state index is 12.1. The fourth-order valence-electron chi connectivity index (χ4n) is 2.42. The Kier molecular flexibility index (Phi) is 3.52. The van der Waals surface area contributed by atoms with E-state index in [1.807, 2.05) is 0 Å². The molecule has 0 aromatic rings. The predicted molar refractivity (Wildman–Crippen MR) is 65.2 cm³/mol. The number of hydrogen-bond acceptors (Lipinski definition) is 5. The van der Waals surface area contributed by atoms with Crippen molar-refractivity contribution in [2.24, 2.45) is 0 Å². The third-order valence-electron chi connectivity index (χ3n) is 3.19. The average molecular weight is 269 g/mol. The monoisotopic (exact) mass is 269 g/mol. The molecule has 2 rings (SSSR count). The number of rotatable bonds is 1. The van der Waals surface area contributed by atoms with Crippen LogP contribution < -0.4 is 0 Å². The molecule has 0 bridgehead atoms. The highest BCUT2D eigenvalue weighted by molar-refractivity contribution is 5.94. The van der Waals surface area contributed by atoms with Gasteiger partial charge in [-0.1, -0.05) is 0 Å². The molecular weight excluding hydrogens is 250 g/mol. The number of carbonyl (C=O) groups excluding carboxylic acids is 3. The highest BCUT2D eigenvalue weighted by atomic mass is 16.6. The van der Waals surface area contributed by atoms with E-state index in [-0.39, 0.29) is 30.4 Å². The third-order valence-corrected chi connectivity index (χ3v) is 3.19. The van der Waals surface area contributed by atoms with Crippen LogP contribution in [0.3, 0.4) is 0 Å². The molecule has 2 aliphatic heterocycles. The quantitative estimate of drug-likeness (QED) is 0.676. The van der Waals surface area contributed by atoms with E-state index >= 15 is 0 Å². The van der Waals surface area contributed by atoms with Crippen LogP contribution in [0.15, 0.2) is 0 Å². The topological polar surface area (TPSA) is 72.9 Å². The fourth-order valence-corrected chi connectivity index (χ4v) is 2.42. The Morgan fingerprint density at radius 1 is 1.26 bits per heavy atom. The zero-order chi connectivity index (χ0) is 14.2. The minimum Gasteiger partial charge on any atom is -0.460 e. The summed E-state index contributed by atoms with van der Waals surface area (Å²) in [5.41, 5.74) is -0.656. The molecule has 6 nitrogen and oxygen atoms in total. The molecule has 2 aliphatic rings. The molecule has 2 saturated heterocycles. The van der Waals surface area contributed by atoms with Crippen molar-refractivity contribution in [1.29, 1.82) is 0 Å². The van der Waals surface area contributed by atoms with E-state index in [2.05, 4.69) is 0 Å². The number of esters is 1. The highest BCUT2D eigenvalue weighted by Crippen LogP contribution is 2.30. The summed E-state index contributed by atoms with van der Waals surface area (Å²) >= 11 is 0. The van der Waals surface area contributed by atoms with E-state index in [1.54, 1.807) is 20.8 Å². The third kappa shape index (κ3) is 3.05. The number of imide groups is 1. The molecule has 19 heavy (non-hydrogen) atoms. The Hall–Kier alpha value is -1.59. The molecule has 0 radical (unpaired) electrons. The van der Waals surface area contributed by atoms with Gasteiger partial charge in [-0.3, -0.25) is 9.59 Å². The second-order valence-corrected chi connectivity index (χ2v) is 5.92. The Bertz CT molecular complexity index is 412. The largest absolute Gasteiger partial charge is 0.460 e. The van der Waals surface area contributed by atoms with Gasteiger partial charge in [-0.25, -0.2) is 9.69 Å². The van der Waals surface area contributed by atoms with Gasteiger partial charge in [-0.2, -0.15) is 0 Å². The van der Waals surface area contributed by atoms with E-state index in [4.69, 9.17) is 9.47 Å². The highest BCUT2D eigenvalue weighted by Gasteiger charge is 2.45. The number of nitrogens with zero attached hydrogens (tertiary/aromatic N) is 1. The first-order valence-electron chi connectivity index (χ1n) is 6.52. The molecule has 0 aromatic heterocycles. The van der Waals surface area contributed by atoms with Crippen molar-refractivity contribution in [2.75, 3.05) is 0 Å². The van der Waals surface area contributed by atoms with Crippen molar-refractivity contribution in [3.05, 3.63) is 0 Å². The van der Waals surface area contributed by atoms with Crippen molar-refractivity contribution < 1.29 is 23.9 Å². The molecule has 0 unspecified atom stereocenters. The smallest absolute Gasteiger partial charge is 0.417 e. The molecule has 6 heteroatoms. The molecule has 0 N–H and O–H groups in total. The van der Waals surface area contributed by atoms with Crippen molar-refractivity contribution in [1.82, 2.24) is 4.90 Å². The standard InChI is InChI=1S/C13H19NO5/c1-13(2,3)19-12(17)14-8(4-6-10(14)15)9-5-7-11(16)18-9/h8-9H,4-7H2,1-3H3/t8-,9-/m0/s1. The first-order chi connectivity index (χ1) is 8.78. The van der Waals surface area contributed by atoms with Gasteiger partial charge >= 0.3 is 12.1 Å². The molecular formula is C13H19NO5. The van der Waals surface area contributed by atoms with Crippen LogP contribution in [0.4, 0.5) is 4.79 Å². The maximum Gasteiger partial charge on any atom is 0.417 e. The summed E-state index contributed by atoms with van der Waals surface area (Å²) in [4.78, 5) is 36.2. The SMILES string of the molecule is CC(C)(C)OC(=O)N1C(=O)CC[C@H]1[C@@H]1CCC(=O)O1. The van der Waals surface area contributed by atoms with Crippen molar-refractivity contribution in [3.63, 3.8) is 0 Å². The normalized spacial score (nSPS) is 27.6. The number of cyclic esters (lactones) is 1. The molecule has 106 valence electrons. The lowest BCUT2D eigenvalue weighted by Crippen LogP contribution is -2.47. The maximum absolute atomic E-state index is 12.1. The van der Waals surface area contributed by atoms with Gasteiger partial charge in [0.05, 0.1) is 6.04 Å². The summed E-state index contributed by atoms with van der Waals surface area (Å²) in [6.45, 7) is 5.24. The van der Waals surface area contributed by atoms with Crippen LogP contribution in [-0.2, 0) is 19.1 Å². The lowest BCUT2D eigenvalue weighted by Gasteiger charge is -2.29. The molecule has 0 spiro atoms. The average Bonchev–Trinajstić information content (AvgIpc) is 2.81. The van der Waals surface area contributed by atoms with Gasteiger partial charge in [0.25, 0.3) is 0 Å². The van der Waals surface area contributed by atoms with Gasteiger partial charge in [0.2, 0.25) is 5.91 Å². The van der Waals surface area contributed by atoms with Crippen molar-refractivity contribution in [3.8, 4) is 0 Å². The molecule has 2 fully saturated rings. The van der Waals surface area contributed by atoms with Crippen LogP contribution in [0.2, 0.25) is 0 Å². The van der Waals surface area contributed by atoms with Crippen molar-refractivity contribution in [2.45, 2.75) is 64.2 Å². The Balaban J connectivity index is 2.09. The second kappa shape index (κ2) is 4.83. The summed E-state index contributed by atoms with van der Waals surface area (Å²) in [5.74, 6) is -0.532. The van der Waals surface area contributed by atoms with Gasteiger partial charge < -0.3 is 9.47 Å². The van der Waals surface area contributed by atoms with Gasteiger partial charge in [0, 0.05) is 12.8 Å². The number of hydrogen-bond donors (Lipinski definition) is 0. The van der Waals surface area contributed by atoms with Crippen LogP contribution in [0.5, 0.6) is 0 Å². The lowest BCUT2D eigenvalue weighted by molar-refractivity contribution is -0.145. The van der Waals surface area contributed by atoms with E-state index in [0.29, 0.717) is 19.3 Å². The molecule has 2 heterocycles. The van der Waals surface area contributed by atoms with E-state index in [0.717, 1.165) is 4.90 Å². The molecule has 0 aliphatic carbocycles. The first kappa shape index (κ1) is 13.8. The number of ether oxygens (including phenoxy) is 2. The number of likely N-dealkylation sites (tertiary alicyclic amines) is 1. The van der Waals surface area contributed by atoms with Crippen LogP contribution in [0.25, 0.3) is 0 Å². The molecule has 0 aromatic carbocycles. The molecule has 2 amide bonds. The number of carbonyl (C=O) groups is 3. The zero-order valence-electron chi connectivity index (χ0n) is 11.5. The summed E-state index contributed by atoms with van der Waals surface area (Å²) in [7, 11) is 0. The predicted octanol–water partition coefficient (Wildman–Crippen LogP) is 1.62. The summed E-state index contributed by atoms with van der Waals surface area (Å²) in [6, 6.07) is -0.381. The fraction of sp³-hybridized carbons (Fsp3) is 0.769. The lowest BCUT2D eigenvalue weighted by atomic mass is 10.1. The van der Waals surface area contributed by atoms with Crippen LogP contribution >= 0.6 is 0 Å². The summed E-state index contributed by atoms with van der Waals surface area (Å²) < 4.78 is 10.4. The summed E-state index contributed by atoms with van der Waals surface area (Å²) in [5, 5.41) is 0. The molecule has 0 saturated carbocycles. The Morgan fingerprint density at radius 3 is 2.47 bits per heavy atom. The van der Waals surface area contributed by atoms with Gasteiger partial charge in [0.1, 0.15) is 11.7 Å². The van der Waals surface area contributed by atoms with Gasteiger partial charge in [-0.05, 0) is 33.6 Å². The van der Waals surface area contributed by atoms with Gasteiger partial charge in [0.15, 0.2) is 0 Å². The van der Waals surface area contributed by atoms with E-state index in [9.17, 15) is 14.4 Å². The Morgan fingerprint density at radius 2 is 1.95 bits per heavy atom. The van der Waals surface area contributed by atoms with E-state index in [1.165, 1.54) is 0 Å². The van der Waals surface area contributed by atoms with Gasteiger partial charge in [-0.15, -0.1) is 0 Å². The Labute approximate surface area is 112 Å². The minimum absolute atomic E-state index is 0.262. The van der Waals surface area contributed by atoms with Crippen LogP contribution in [0, 0.1) is 0 Å². The van der Waals surface area contributed by atoms with E-state index < -0.39 is 11.7 Å². The van der Waals surface area contributed by atoms with Crippen molar-refractivity contribution >= 4 is 18.0 Å². The summed E-state index contributed by atoms with van der Waals surface area (Å²) in [6.07, 6.45) is 0.677. The number of amides is 2. The zero-order valence-corrected chi connectivity index (χ0v) is 11.5. The first-order valence-corrected chi connectivity index (χ1v) is 6.52. The minimum atomic E-state index is -0.656. The van der Waals surface area contributed by atoms with Crippen LogP contribution in [-0.4, -0.2) is 40.6 Å². The van der Waals surface area contributed by atoms with Crippen LogP contribution in [0.1, 0.15) is 46.5 Å². The second-order valence-electron chi connectivity index (χ2n) is 5.92. The molecule has 2 atom stereocenters.